The van der Waals surface area contributed by atoms with E-state index in [2.05, 4.69) is 5.32 Å². The number of para-hydroxylation sites is 1. The molecule has 0 amide bonds. The molecule has 8 nitrogen and oxygen atoms in total. The maximum atomic E-state index is 13.0. The Labute approximate surface area is 213 Å². The zero-order chi connectivity index (χ0) is 25.9. The van der Waals surface area contributed by atoms with E-state index in [-0.39, 0.29) is 11.3 Å². The van der Waals surface area contributed by atoms with Crippen LogP contribution in [0.15, 0.2) is 91.1 Å². The van der Waals surface area contributed by atoms with Gasteiger partial charge in [-0.25, -0.2) is 9.78 Å². The first-order valence-corrected chi connectivity index (χ1v) is 11.7. The van der Waals surface area contributed by atoms with Crippen LogP contribution in [0.2, 0.25) is 0 Å². The van der Waals surface area contributed by atoms with E-state index >= 15 is 0 Å². The molecule has 5 rings (SSSR count). The fourth-order valence-electron chi connectivity index (χ4n) is 4.19. The molecule has 0 aliphatic rings. The molecule has 0 unspecified atom stereocenters. The molecule has 0 radical (unpaired) electrons. The van der Waals surface area contributed by atoms with Crippen molar-refractivity contribution in [3.05, 3.63) is 123 Å². The molecule has 5 aromatic rings. The number of nitro benzene ring substituents is 1. The summed E-state index contributed by atoms with van der Waals surface area (Å²) in [6.45, 7) is 4.19. The maximum absolute atomic E-state index is 13.0. The van der Waals surface area contributed by atoms with Crippen molar-refractivity contribution in [2.24, 2.45) is 0 Å². The van der Waals surface area contributed by atoms with Gasteiger partial charge in [0.15, 0.2) is 0 Å². The summed E-state index contributed by atoms with van der Waals surface area (Å²) in [5.41, 5.74) is 4.57. The topological polar surface area (TPSA) is 98.8 Å². The van der Waals surface area contributed by atoms with E-state index in [0.717, 1.165) is 22.6 Å². The largest absolute Gasteiger partial charge is 0.422 e. The van der Waals surface area contributed by atoms with E-state index < -0.39 is 10.9 Å². The minimum Gasteiger partial charge on any atom is -0.422 e. The Kier molecular flexibility index (Phi) is 6.38. The zero-order valence-corrected chi connectivity index (χ0v) is 20.3. The number of ether oxygens (including phenoxy) is 1. The molecule has 0 saturated carbocycles. The SMILES string of the molecule is Cc1ccc(C(=O)Oc2ccccc2-c2nc3c(C)cccn3c2NCc2ccccc2)cc1[N+](=O)[O-]. The summed E-state index contributed by atoms with van der Waals surface area (Å²) in [6, 6.07) is 25.4. The van der Waals surface area contributed by atoms with E-state index in [1.54, 1.807) is 19.1 Å². The number of carbonyl (C=O) groups excluding carboxylic acids is 1. The first-order valence-electron chi connectivity index (χ1n) is 11.7. The Hall–Kier alpha value is -4.98. The molecule has 1 N–H and O–H groups in total. The fraction of sp³-hybridized carbons (Fsp3) is 0.103. The first-order chi connectivity index (χ1) is 17.9. The van der Waals surface area contributed by atoms with Crippen LogP contribution >= 0.6 is 0 Å². The number of aryl methyl sites for hydroxylation is 2. The van der Waals surface area contributed by atoms with Gasteiger partial charge in [0.25, 0.3) is 5.69 Å². The summed E-state index contributed by atoms with van der Waals surface area (Å²) in [5, 5.41) is 14.8. The molecule has 0 spiro atoms. The maximum Gasteiger partial charge on any atom is 0.343 e. The van der Waals surface area contributed by atoms with Crippen LogP contribution in [0.3, 0.4) is 0 Å². The standard InChI is InChI=1S/C29H24N4O4/c1-19-14-15-22(17-24(19)33(35)36)29(34)37-25-13-7-6-12-23(25)26-28(30-18-21-10-4-3-5-11-21)32-16-8-9-20(2)27(32)31-26/h3-17,30H,18H2,1-2H3. The zero-order valence-electron chi connectivity index (χ0n) is 20.3. The van der Waals surface area contributed by atoms with E-state index in [9.17, 15) is 14.9 Å². The van der Waals surface area contributed by atoms with E-state index in [1.807, 2.05) is 72.1 Å². The number of aromatic nitrogens is 2. The van der Waals surface area contributed by atoms with Crippen molar-refractivity contribution in [1.29, 1.82) is 0 Å². The number of rotatable bonds is 7. The monoisotopic (exact) mass is 492 g/mol. The van der Waals surface area contributed by atoms with Crippen molar-refractivity contribution in [1.82, 2.24) is 9.38 Å². The number of hydrogen-bond acceptors (Lipinski definition) is 6. The molecule has 184 valence electrons. The number of benzene rings is 3. The van der Waals surface area contributed by atoms with Gasteiger partial charge < -0.3 is 10.1 Å². The number of esters is 1. The van der Waals surface area contributed by atoms with E-state index in [0.29, 0.717) is 29.1 Å². The highest BCUT2D eigenvalue weighted by molar-refractivity contribution is 5.93. The van der Waals surface area contributed by atoms with Gasteiger partial charge in [-0.15, -0.1) is 0 Å². The fourth-order valence-corrected chi connectivity index (χ4v) is 4.19. The summed E-state index contributed by atoms with van der Waals surface area (Å²) in [6.07, 6.45) is 1.94. The van der Waals surface area contributed by atoms with Crippen LogP contribution in [-0.4, -0.2) is 20.3 Å². The molecule has 2 heterocycles. The van der Waals surface area contributed by atoms with Gasteiger partial charge in [0.05, 0.1) is 10.5 Å². The highest BCUT2D eigenvalue weighted by Gasteiger charge is 2.21. The summed E-state index contributed by atoms with van der Waals surface area (Å²) < 4.78 is 7.75. The molecule has 8 heteroatoms. The molecule has 0 aliphatic carbocycles. The second-order valence-electron chi connectivity index (χ2n) is 8.68. The number of nitro groups is 1. The van der Waals surface area contributed by atoms with Crippen LogP contribution in [0.25, 0.3) is 16.9 Å². The van der Waals surface area contributed by atoms with Crippen LogP contribution < -0.4 is 10.1 Å². The van der Waals surface area contributed by atoms with Crippen LogP contribution in [-0.2, 0) is 6.54 Å². The van der Waals surface area contributed by atoms with Crippen molar-refractivity contribution in [2.45, 2.75) is 20.4 Å². The van der Waals surface area contributed by atoms with Crippen LogP contribution in [0.1, 0.15) is 27.0 Å². The van der Waals surface area contributed by atoms with Gasteiger partial charge in [-0.2, -0.15) is 0 Å². The van der Waals surface area contributed by atoms with Crippen LogP contribution in [0, 0.1) is 24.0 Å². The smallest absolute Gasteiger partial charge is 0.343 e. The quantitative estimate of drug-likeness (QED) is 0.123. The lowest BCUT2D eigenvalue weighted by Gasteiger charge is -2.12. The Morgan fingerprint density at radius 3 is 2.51 bits per heavy atom. The van der Waals surface area contributed by atoms with Crippen molar-refractivity contribution < 1.29 is 14.5 Å². The Balaban J connectivity index is 1.55. The van der Waals surface area contributed by atoms with Gasteiger partial charge >= 0.3 is 5.97 Å². The lowest BCUT2D eigenvalue weighted by molar-refractivity contribution is -0.385. The number of hydrogen-bond donors (Lipinski definition) is 1. The number of nitrogens with zero attached hydrogens (tertiary/aromatic N) is 3. The van der Waals surface area contributed by atoms with Gasteiger partial charge in [-0.05, 0) is 49.2 Å². The van der Waals surface area contributed by atoms with Gasteiger partial charge in [0, 0.05) is 29.9 Å². The predicted octanol–water partition coefficient (Wildman–Crippen LogP) is 6.36. The molecule has 3 aromatic carbocycles. The van der Waals surface area contributed by atoms with Crippen molar-refractivity contribution >= 4 is 23.1 Å². The molecular formula is C29H24N4O4. The highest BCUT2D eigenvalue weighted by Crippen LogP contribution is 2.36. The average Bonchev–Trinajstić information content (AvgIpc) is 3.28. The van der Waals surface area contributed by atoms with Crippen LogP contribution in [0.4, 0.5) is 11.5 Å². The minimum atomic E-state index is -0.686. The minimum absolute atomic E-state index is 0.0976. The predicted molar refractivity (Wildman–Crippen MR) is 142 cm³/mol. The van der Waals surface area contributed by atoms with Crippen molar-refractivity contribution in [3.63, 3.8) is 0 Å². The molecule has 0 bridgehead atoms. The third-order valence-electron chi connectivity index (χ3n) is 6.13. The van der Waals surface area contributed by atoms with Gasteiger partial charge in [-0.3, -0.25) is 14.5 Å². The molecular weight excluding hydrogens is 468 g/mol. The molecule has 0 saturated heterocycles. The lowest BCUT2D eigenvalue weighted by Crippen LogP contribution is -2.10. The van der Waals surface area contributed by atoms with Gasteiger partial charge in [0.1, 0.15) is 22.9 Å². The summed E-state index contributed by atoms with van der Waals surface area (Å²) in [4.78, 5) is 28.8. The first kappa shape index (κ1) is 23.7. The normalized spacial score (nSPS) is 10.9. The van der Waals surface area contributed by atoms with Crippen molar-refractivity contribution in [2.75, 3.05) is 5.32 Å². The van der Waals surface area contributed by atoms with Gasteiger partial charge in [-0.1, -0.05) is 54.6 Å². The lowest BCUT2D eigenvalue weighted by atomic mass is 10.1. The molecule has 0 atom stereocenters. The van der Waals surface area contributed by atoms with E-state index in [4.69, 9.17) is 9.72 Å². The number of nitrogens with one attached hydrogen (secondary N) is 1. The third kappa shape index (κ3) is 4.77. The second kappa shape index (κ2) is 9.94. The molecule has 2 aromatic heterocycles. The highest BCUT2D eigenvalue weighted by atomic mass is 16.6. The summed E-state index contributed by atoms with van der Waals surface area (Å²) >= 11 is 0. The summed E-state index contributed by atoms with van der Waals surface area (Å²) in [7, 11) is 0. The summed E-state index contributed by atoms with van der Waals surface area (Å²) in [5.74, 6) is 0.380. The second-order valence-corrected chi connectivity index (χ2v) is 8.68. The van der Waals surface area contributed by atoms with E-state index in [1.165, 1.54) is 18.2 Å². The van der Waals surface area contributed by atoms with Gasteiger partial charge in [0.2, 0.25) is 0 Å². The average molecular weight is 493 g/mol. The van der Waals surface area contributed by atoms with Crippen LogP contribution in [0.5, 0.6) is 5.75 Å². The van der Waals surface area contributed by atoms with Crippen molar-refractivity contribution in [3.8, 4) is 17.0 Å². The number of pyridine rings is 1. The number of carbonyl (C=O) groups is 1. The Morgan fingerprint density at radius 2 is 1.73 bits per heavy atom. The number of anilines is 1. The molecule has 0 fully saturated rings. The number of fused-ring (bicyclic) bond motifs is 1. The number of imidazole rings is 1. The molecule has 0 aliphatic heterocycles. The molecule has 37 heavy (non-hydrogen) atoms. The Morgan fingerprint density at radius 1 is 0.973 bits per heavy atom. The Bertz CT molecular complexity index is 1630. The third-order valence-corrected chi connectivity index (χ3v) is 6.13.